The highest BCUT2D eigenvalue weighted by Crippen LogP contribution is 2.31. The van der Waals surface area contributed by atoms with Crippen LogP contribution in [0, 0.1) is 0 Å². The van der Waals surface area contributed by atoms with Gasteiger partial charge in [-0.2, -0.15) is 0 Å². The van der Waals surface area contributed by atoms with E-state index in [0.717, 1.165) is 4.31 Å². The van der Waals surface area contributed by atoms with Crippen molar-refractivity contribution < 1.29 is 18.3 Å². The van der Waals surface area contributed by atoms with Crippen LogP contribution in [0.5, 0.6) is 11.5 Å². The van der Waals surface area contributed by atoms with E-state index in [2.05, 4.69) is 0 Å². The largest absolute Gasteiger partial charge is 0.508 e. The third kappa shape index (κ3) is 2.55. The van der Waals surface area contributed by atoms with E-state index in [0.29, 0.717) is 11.4 Å². The minimum Gasteiger partial charge on any atom is -0.508 e. The number of hydrogen-bond donors (Lipinski definition) is 1. The van der Waals surface area contributed by atoms with Crippen molar-refractivity contribution in [1.82, 2.24) is 0 Å². The quantitative estimate of drug-likeness (QED) is 0.938. The number of hydrogen-bond acceptors (Lipinski definition) is 4. The van der Waals surface area contributed by atoms with Crippen LogP contribution in [-0.2, 0) is 10.0 Å². The molecule has 6 heteroatoms. The lowest BCUT2D eigenvalue weighted by Gasteiger charge is -2.21. The number of methoxy groups -OCH3 is 1. The predicted molar refractivity (Wildman–Crippen MR) is 76.7 cm³/mol. The van der Waals surface area contributed by atoms with Crippen LogP contribution in [0.3, 0.4) is 0 Å². The van der Waals surface area contributed by atoms with Crippen LogP contribution >= 0.6 is 0 Å². The van der Waals surface area contributed by atoms with Crippen molar-refractivity contribution >= 4 is 15.7 Å². The van der Waals surface area contributed by atoms with Gasteiger partial charge in [0.1, 0.15) is 11.5 Å². The lowest BCUT2D eigenvalue weighted by molar-refractivity contribution is 0.416. The Morgan fingerprint density at radius 1 is 1.10 bits per heavy atom. The topological polar surface area (TPSA) is 66.8 Å². The first-order chi connectivity index (χ1) is 9.46. The summed E-state index contributed by atoms with van der Waals surface area (Å²) in [6, 6.07) is 12.4. The average molecular weight is 293 g/mol. The van der Waals surface area contributed by atoms with E-state index in [9.17, 15) is 13.5 Å². The predicted octanol–water partition coefficient (Wildman–Crippen LogP) is 2.23. The Balaban J connectivity index is 2.49. The van der Waals surface area contributed by atoms with E-state index in [1.807, 2.05) is 0 Å². The third-order valence-corrected chi connectivity index (χ3v) is 4.67. The molecule has 0 radical (unpaired) electrons. The van der Waals surface area contributed by atoms with E-state index in [-0.39, 0.29) is 10.6 Å². The van der Waals surface area contributed by atoms with Crippen molar-refractivity contribution in [3.63, 3.8) is 0 Å². The highest BCUT2D eigenvalue weighted by molar-refractivity contribution is 7.92. The molecule has 0 bridgehead atoms. The molecule has 0 unspecified atom stereocenters. The molecule has 2 aromatic rings. The fourth-order valence-corrected chi connectivity index (χ4v) is 3.07. The van der Waals surface area contributed by atoms with Crippen LogP contribution < -0.4 is 9.04 Å². The summed E-state index contributed by atoms with van der Waals surface area (Å²) in [5.74, 6) is 0.359. The molecule has 0 aliphatic carbocycles. The maximum Gasteiger partial charge on any atom is 0.264 e. The van der Waals surface area contributed by atoms with Crippen LogP contribution in [-0.4, -0.2) is 27.7 Å². The zero-order valence-electron chi connectivity index (χ0n) is 11.1. The number of aromatic hydroxyl groups is 1. The van der Waals surface area contributed by atoms with Crippen molar-refractivity contribution in [3.8, 4) is 11.5 Å². The Kier molecular flexibility index (Phi) is 3.85. The second kappa shape index (κ2) is 5.42. The van der Waals surface area contributed by atoms with E-state index in [1.165, 1.54) is 38.4 Å². The average Bonchev–Trinajstić information content (AvgIpc) is 2.46. The molecule has 1 N–H and O–H groups in total. The molecule has 0 aliphatic rings. The van der Waals surface area contributed by atoms with Gasteiger partial charge in [0.15, 0.2) is 0 Å². The van der Waals surface area contributed by atoms with Crippen LogP contribution in [0.15, 0.2) is 53.4 Å². The molecule has 0 spiro atoms. The number of sulfonamides is 1. The van der Waals surface area contributed by atoms with E-state index in [1.54, 1.807) is 24.3 Å². The van der Waals surface area contributed by atoms with Gasteiger partial charge in [0.25, 0.3) is 10.0 Å². The number of anilines is 1. The number of phenols is 1. The molecule has 0 atom stereocenters. The first-order valence-corrected chi connectivity index (χ1v) is 7.32. The highest BCUT2D eigenvalue weighted by atomic mass is 32.2. The van der Waals surface area contributed by atoms with Crippen LogP contribution in [0.1, 0.15) is 0 Å². The minimum absolute atomic E-state index is 0.0194. The third-order valence-electron chi connectivity index (χ3n) is 2.90. The molecule has 20 heavy (non-hydrogen) atoms. The van der Waals surface area contributed by atoms with Gasteiger partial charge in [-0.15, -0.1) is 0 Å². The number of benzene rings is 2. The Labute approximate surface area is 118 Å². The number of rotatable bonds is 4. The van der Waals surface area contributed by atoms with E-state index >= 15 is 0 Å². The van der Waals surface area contributed by atoms with Crippen molar-refractivity contribution in [2.75, 3.05) is 18.5 Å². The number of phenolic OH excluding ortho intramolecular Hbond substituents is 1. The fraction of sp³-hybridized carbons (Fsp3) is 0.143. The summed E-state index contributed by atoms with van der Waals surface area (Å²) >= 11 is 0. The van der Waals surface area contributed by atoms with Crippen molar-refractivity contribution in [3.05, 3.63) is 48.5 Å². The summed E-state index contributed by atoms with van der Waals surface area (Å²) in [4.78, 5) is 0.0194. The molecule has 2 aromatic carbocycles. The molecule has 0 aliphatic heterocycles. The monoisotopic (exact) mass is 293 g/mol. The molecule has 2 rings (SSSR count). The summed E-state index contributed by atoms with van der Waals surface area (Å²) in [5, 5.41) is 9.42. The molecule has 0 saturated heterocycles. The number of para-hydroxylation sites is 2. The summed E-state index contributed by atoms with van der Waals surface area (Å²) < 4.78 is 31.3. The molecule has 0 fully saturated rings. The van der Waals surface area contributed by atoms with Gasteiger partial charge in [-0.1, -0.05) is 18.2 Å². The second-order valence-electron chi connectivity index (χ2n) is 4.14. The number of ether oxygens (including phenoxy) is 1. The summed E-state index contributed by atoms with van der Waals surface area (Å²) in [7, 11) is -0.832. The maximum atomic E-state index is 12.5. The Morgan fingerprint density at radius 3 is 2.45 bits per heavy atom. The SMILES string of the molecule is COc1ccccc1N(C)S(=O)(=O)c1cccc(O)c1. The summed E-state index contributed by atoms with van der Waals surface area (Å²) in [6.07, 6.45) is 0. The van der Waals surface area contributed by atoms with Gasteiger partial charge in [-0.25, -0.2) is 8.42 Å². The van der Waals surface area contributed by atoms with Crippen LogP contribution in [0.4, 0.5) is 5.69 Å². The van der Waals surface area contributed by atoms with Crippen LogP contribution in [0.2, 0.25) is 0 Å². The van der Waals surface area contributed by atoms with Crippen LogP contribution in [0.25, 0.3) is 0 Å². The molecule has 5 nitrogen and oxygen atoms in total. The maximum absolute atomic E-state index is 12.5. The van der Waals surface area contributed by atoms with Crippen molar-refractivity contribution in [2.24, 2.45) is 0 Å². The van der Waals surface area contributed by atoms with E-state index in [4.69, 9.17) is 4.74 Å². The van der Waals surface area contributed by atoms with Gasteiger partial charge in [-0.3, -0.25) is 4.31 Å². The van der Waals surface area contributed by atoms with Crippen molar-refractivity contribution in [1.29, 1.82) is 0 Å². The van der Waals surface area contributed by atoms with Gasteiger partial charge >= 0.3 is 0 Å². The normalized spacial score (nSPS) is 11.1. The van der Waals surface area contributed by atoms with Gasteiger partial charge in [0.05, 0.1) is 17.7 Å². The standard InChI is InChI=1S/C14H15NO4S/c1-15(13-8-3-4-9-14(13)19-2)20(17,18)12-7-5-6-11(16)10-12/h3-10,16H,1-2H3. The molecule has 0 amide bonds. The Bertz CT molecular complexity index is 713. The lowest BCUT2D eigenvalue weighted by atomic mass is 10.3. The zero-order chi connectivity index (χ0) is 14.8. The Hall–Kier alpha value is -2.21. The number of nitrogens with zero attached hydrogens (tertiary/aromatic N) is 1. The van der Waals surface area contributed by atoms with E-state index < -0.39 is 10.0 Å². The first-order valence-electron chi connectivity index (χ1n) is 5.88. The fourth-order valence-electron chi connectivity index (χ4n) is 1.82. The molecule has 0 aromatic heterocycles. The highest BCUT2D eigenvalue weighted by Gasteiger charge is 2.23. The Morgan fingerprint density at radius 2 is 1.80 bits per heavy atom. The minimum atomic E-state index is -3.75. The first kappa shape index (κ1) is 14.2. The van der Waals surface area contributed by atoms with Gasteiger partial charge in [-0.05, 0) is 24.3 Å². The van der Waals surface area contributed by atoms with Gasteiger partial charge < -0.3 is 9.84 Å². The smallest absolute Gasteiger partial charge is 0.264 e. The van der Waals surface area contributed by atoms with Gasteiger partial charge in [0.2, 0.25) is 0 Å². The van der Waals surface area contributed by atoms with Crippen molar-refractivity contribution in [2.45, 2.75) is 4.90 Å². The molecular formula is C14H15NO4S. The zero-order valence-corrected chi connectivity index (χ0v) is 12.0. The lowest BCUT2D eigenvalue weighted by Crippen LogP contribution is -2.26. The van der Waals surface area contributed by atoms with Gasteiger partial charge in [0, 0.05) is 13.1 Å². The second-order valence-corrected chi connectivity index (χ2v) is 6.11. The summed E-state index contributed by atoms with van der Waals surface area (Å²) in [6.45, 7) is 0. The molecular weight excluding hydrogens is 278 g/mol. The molecule has 0 heterocycles. The molecule has 106 valence electrons. The summed E-state index contributed by atoms with van der Waals surface area (Å²) in [5.41, 5.74) is 0.429. The molecule has 0 saturated carbocycles.